The zero-order valence-corrected chi connectivity index (χ0v) is 10.2. The van der Waals surface area contributed by atoms with Gasteiger partial charge in [0.15, 0.2) is 0 Å². The van der Waals surface area contributed by atoms with Crippen molar-refractivity contribution < 1.29 is 52.8 Å². The molecule has 0 heterocycles. The van der Waals surface area contributed by atoms with Crippen molar-refractivity contribution >= 4 is 31.9 Å². The highest BCUT2D eigenvalue weighted by atomic mass is 32.2. The molecule has 118 valence electrons. The predicted molar refractivity (Wildman–Crippen MR) is 46.2 cm³/mol. The molecule has 0 aliphatic rings. The summed E-state index contributed by atoms with van der Waals surface area (Å²) < 4.78 is 112. The van der Waals surface area contributed by atoms with Crippen molar-refractivity contribution in [3.8, 4) is 0 Å². The molecule has 0 aliphatic carbocycles. The quantitative estimate of drug-likeness (QED) is 0.481. The maximum absolute atomic E-state index is 11.8. The van der Waals surface area contributed by atoms with Crippen LogP contribution in [0.3, 0.4) is 0 Å². The lowest BCUT2D eigenvalue weighted by Gasteiger charge is -2.10. The smallest absolute Gasteiger partial charge is 0.263 e. The molecule has 8 nitrogen and oxygen atoms in total. The molecule has 0 fully saturated rings. The first-order valence-electron chi connectivity index (χ1n) is 3.78. The van der Waals surface area contributed by atoms with Gasteiger partial charge in [0, 0.05) is 0 Å². The Balaban J connectivity index is 5.08. The van der Waals surface area contributed by atoms with Gasteiger partial charge in [0.2, 0.25) is 0 Å². The summed E-state index contributed by atoms with van der Waals surface area (Å²) >= 11 is 0. The average Bonchev–Trinajstić information content (AvgIpc) is 2.12. The van der Waals surface area contributed by atoms with Gasteiger partial charge in [0.25, 0.3) is 0 Å². The highest BCUT2D eigenvalue weighted by Crippen LogP contribution is 2.22. The van der Waals surface area contributed by atoms with E-state index in [-0.39, 0.29) is 9.44 Å². The molecule has 16 heteroatoms. The van der Waals surface area contributed by atoms with Crippen LogP contribution in [0.25, 0.3) is 0 Å². The maximum atomic E-state index is 11.8. The van der Waals surface area contributed by atoms with Crippen molar-refractivity contribution in [2.24, 2.45) is 0 Å². The van der Waals surface area contributed by atoms with Crippen LogP contribution < -0.4 is 9.44 Å². The number of carbonyl (C=O) groups excluding carboxylic acids is 2. The van der Waals surface area contributed by atoms with Crippen molar-refractivity contribution in [3.63, 3.8) is 0 Å². The van der Waals surface area contributed by atoms with Crippen LogP contribution in [0.15, 0.2) is 0 Å². The van der Waals surface area contributed by atoms with Crippen molar-refractivity contribution in [1.29, 1.82) is 0 Å². The fourth-order valence-corrected chi connectivity index (χ4v) is 1.36. The zero-order valence-electron chi connectivity index (χ0n) is 8.53. The van der Waals surface area contributed by atoms with Gasteiger partial charge >= 0.3 is 42.9 Å². The minimum Gasteiger partial charge on any atom is -0.263 e. The second-order valence-corrected chi connectivity index (χ2v) is 6.11. The summed E-state index contributed by atoms with van der Waals surface area (Å²) in [4.78, 5) is 21.2. The summed E-state index contributed by atoms with van der Waals surface area (Å²) in [6.07, 6.45) is 0. The van der Waals surface area contributed by atoms with E-state index in [1.165, 1.54) is 0 Å². The second kappa shape index (κ2) is 5.08. The molecule has 0 unspecified atom stereocenters. The SMILES string of the molecule is O=C(NS(=O)(=O)C(F)(F)F)C(=O)NS(=O)(=O)C(F)(F)F. The fourth-order valence-electron chi connectivity index (χ4n) is 0.452. The molecule has 2 N–H and O–H groups in total. The van der Waals surface area contributed by atoms with E-state index in [0.29, 0.717) is 0 Å². The van der Waals surface area contributed by atoms with E-state index < -0.39 is 42.9 Å². The van der Waals surface area contributed by atoms with Gasteiger partial charge in [-0.1, -0.05) is 0 Å². The molecule has 0 radical (unpaired) electrons. The highest BCUT2D eigenvalue weighted by molar-refractivity contribution is 7.91. The number of alkyl halides is 6. The Hall–Kier alpha value is -1.58. The number of sulfonamides is 2. The first-order valence-corrected chi connectivity index (χ1v) is 6.74. The van der Waals surface area contributed by atoms with Crippen molar-refractivity contribution in [1.82, 2.24) is 9.44 Å². The van der Waals surface area contributed by atoms with Gasteiger partial charge in [0.05, 0.1) is 0 Å². The van der Waals surface area contributed by atoms with Gasteiger partial charge in [-0.05, 0) is 0 Å². The molecule has 2 amide bonds. The first kappa shape index (κ1) is 18.4. The molecular weight excluding hydrogens is 350 g/mol. The summed E-state index contributed by atoms with van der Waals surface area (Å²) in [6.45, 7) is 0. The Labute approximate surface area is 106 Å². The molecule has 0 bridgehead atoms. The van der Waals surface area contributed by atoms with E-state index in [4.69, 9.17) is 0 Å². The number of halogens is 6. The second-order valence-electron chi connectivity index (χ2n) is 2.76. The lowest BCUT2D eigenvalue weighted by atomic mass is 10.6. The van der Waals surface area contributed by atoms with Gasteiger partial charge in [-0.2, -0.15) is 43.2 Å². The van der Waals surface area contributed by atoms with Crippen LogP contribution >= 0.6 is 0 Å². The minimum absolute atomic E-state index is 0.0345. The van der Waals surface area contributed by atoms with Crippen LogP contribution in [0.4, 0.5) is 26.3 Å². The van der Waals surface area contributed by atoms with Crippen LogP contribution in [0, 0.1) is 0 Å². The monoisotopic (exact) mass is 352 g/mol. The number of hydrogen-bond acceptors (Lipinski definition) is 6. The molecule has 0 rings (SSSR count). The molecule has 0 saturated carbocycles. The highest BCUT2D eigenvalue weighted by Gasteiger charge is 2.50. The van der Waals surface area contributed by atoms with Crippen LogP contribution in [-0.2, 0) is 29.6 Å². The maximum Gasteiger partial charge on any atom is 0.516 e. The van der Waals surface area contributed by atoms with Gasteiger partial charge in [-0.3, -0.25) is 9.59 Å². The van der Waals surface area contributed by atoms with E-state index in [1.807, 2.05) is 0 Å². The molecular formula is C4H2F6N2O6S2. The zero-order chi connectivity index (χ0) is 16.6. The Morgan fingerprint density at radius 2 is 0.850 bits per heavy atom. The van der Waals surface area contributed by atoms with E-state index in [2.05, 4.69) is 0 Å². The molecule has 0 spiro atoms. The number of carbonyl (C=O) groups is 2. The van der Waals surface area contributed by atoms with Crippen LogP contribution in [0.5, 0.6) is 0 Å². The lowest BCUT2D eigenvalue weighted by Crippen LogP contribution is -2.50. The van der Waals surface area contributed by atoms with E-state index >= 15 is 0 Å². The summed E-state index contributed by atoms with van der Waals surface area (Å²) in [6, 6.07) is 0. The molecule has 0 aromatic heterocycles. The van der Waals surface area contributed by atoms with Crippen LogP contribution in [0.2, 0.25) is 0 Å². The van der Waals surface area contributed by atoms with Crippen LogP contribution in [-0.4, -0.2) is 39.7 Å². The minimum atomic E-state index is -6.37. The Bertz CT molecular complexity index is 559. The van der Waals surface area contributed by atoms with Gasteiger partial charge < -0.3 is 0 Å². The standard InChI is InChI=1S/C4H2F6N2O6S2/c5-3(6,7)19(15,16)11-1(13)2(14)12-20(17,18)4(8,9)10/h(H,11,13)(H,12,14). The van der Waals surface area contributed by atoms with Crippen molar-refractivity contribution in [2.75, 3.05) is 0 Å². The van der Waals surface area contributed by atoms with Crippen molar-refractivity contribution in [3.05, 3.63) is 0 Å². The number of amides is 2. The van der Waals surface area contributed by atoms with Gasteiger partial charge in [-0.15, -0.1) is 0 Å². The molecule has 0 aromatic carbocycles. The number of hydrogen-bond donors (Lipinski definition) is 2. The van der Waals surface area contributed by atoms with E-state index in [1.54, 1.807) is 0 Å². The van der Waals surface area contributed by atoms with E-state index in [0.717, 1.165) is 0 Å². The summed E-state index contributed by atoms with van der Waals surface area (Å²) in [5.41, 5.74) is -12.1. The molecule has 0 aromatic rings. The molecule has 0 aliphatic heterocycles. The molecule has 20 heavy (non-hydrogen) atoms. The molecule has 0 atom stereocenters. The number of rotatable bonds is 2. The average molecular weight is 352 g/mol. The third kappa shape index (κ3) is 4.22. The number of nitrogens with one attached hydrogen (secondary N) is 2. The Morgan fingerprint density at radius 1 is 0.650 bits per heavy atom. The lowest BCUT2D eigenvalue weighted by molar-refractivity contribution is -0.137. The van der Waals surface area contributed by atoms with Crippen molar-refractivity contribution in [2.45, 2.75) is 11.0 Å². The van der Waals surface area contributed by atoms with Gasteiger partial charge in [-0.25, -0.2) is 9.44 Å². The largest absolute Gasteiger partial charge is 0.516 e. The van der Waals surface area contributed by atoms with E-state index in [9.17, 15) is 52.8 Å². The first-order chi connectivity index (χ1) is 8.51. The summed E-state index contributed by atoms with van der Waals surface area (Å²) in [5, 5.41) is 0. The third-order valence-electron chi connectivity index (χ3n) is 1.27. The van der Waals surface area contributed by atoms with Gasteiger partial charge in [0.1, 0.15) is 0 Å². The molecule has 0 saturated heterocycles. The Morgan fingerprint density at radius 3 is 1.00 bits per heavy atom. The predicted octanol–water partition coefficient (Wildman–Crippen LogP) is -1.08. The normalized spacial score (nSPS) is 13.7. The topological polar surface area (TPSA) is 126 Å². The summed E-state index contributed by atoms with van der Waals surface area (Å²) in [7, 11) is -12.7. The fraction of sp³-hybridized carbons (Fsp3) is 0.500. The summed E-state index contributed by atoms with van der Waals surface area (Å²) in [5.74, 6) is -5.54. The van der Waals surface area contributed by atoms with Crippen LogP contribution in [0.1, 0.15) is 0 Å². The third-order valence-corrected chi connectivity index (χ3v) is 3.40. The Kier molecular flexibility index (Phi) is 4.67.